The number of aryl methyl sites for hydroxylation is 1. The molecule has 1 atom stereocenters. The summed E-state index contributed by atoms with van der Waals surface area (Å²) < 4.78 is 0. The molecule has 132 valence electrons. The van der Waals surface area contributed by atoms with Crippen molar-refractivity contribution in [2.75, 3.05) is 10.6 Å². The molecule has 1 aliphatic rings. The van der Waals surface area contributed by atoms with Gasteiger partial charge in [-0.2, -0.15) is 0 Å². The summed E-state index contributed by atoms with van der Waals surface area (Å²) in [6.45, 7) is 2.13. The van der Waals surface area contributed by atoms with Crippen molar-refractivity contribution in [1.29, 1.82) is 0 Å². The Balaban J connectivity index is 1.49. The average Bonchev–Trinajstić information content (AvgIpc) is 3.05. The number of benzene rings is 1. The number of carbonyl (C=O) groups excluding carboxylic acids is 2. The van der Waals surface area contributed by atoms with Crippen LogP contribution in [0.4, 0.5) is 10.8 Å². The van der Waals surface area contributed by atoms with Gasteiger partial charge in [0.2, 0.25) is 16.9 Å². The summed E-state index contributed by atoms with van der Waals surface area (Å²) in [6.07, 6.45) is 4.56. The Morgan fingerprint density at radius 3 is 3.04 bits per heavy atom. The van der Waals surface area contributed by atoms with Gasteiger partial charge in [-0.25, -0.2) is 0 Å². The van der Waals surface area contributed by atoms with Crippen LogP contribution in [0.5, 0.6) is 0 Å². The van der Waals surface area contributed by atoms with Gasteiger partial charge in [0.25, 0.3) is 0 Å². The molecule has 1 unspecified atom stereocenters. The van der Waals surface area contributed by atoms with E-state index >= 15 is 0 Å². The second kappa shape index (κ2) is 8.20. The van der Waals surface area contributed by atoms with Gasteiger partial charge in [0.05, 0.1) is 0 Å². The maximum absolute atomic E-state index is 12.2. The zero-order chi connectivity index (χ0) is 17.6. The highest BCUT2D eigenvalue weighted by atomic mass is 32.1. The number of hydrogen-bond donors (Lipinski definition) is 2. The van der Waals surface area contributed by atoms with E-state index in [1.807, 2.05) is 24.3 Å². The molecule has 0 spiro atoms. The molecule has 1 aliphatic heterocycles. The third-order valence-corrected chi connectivity index (χ3v) is 5.19. The Morgan fingerprint density at radius 1 is 1.36 bits per heavy atom. The molecule has 0 fully saturated rings. The highest BCUT2D eigenvalue weighted by Gasteiger charge is 2.26. The van der Waals surface area contributed by atoms with E-state index in [-0.39, 0.29) is 17.7 Å². The van der Waals surface area contributed by atoms with Gasteiger partial charge in [0.1, 0.15) is 5.01 Å². The van der Waals surface area contributed by atoms with Gasteiger partial charge in [-0.15, -0.1) is 10.2 Å². The van der Waals surface area contributed by atoms with Crippen LogP contribution in [0, 0.1) is 5.92 Å². The second-order valence-electron chi connectivity index (χ2n) is 6.24. The lowest BCUT2D eigenvalue weighted by molar-refractivity contribution is -0.121. The van der Waals surface area contributed by atoms with E-state index in [0.717, 1.165) is 35.5 Å². The molecule has 0 aliphatic carbocycles. The standard InChI is InChI=1S/C18H22N4O2S/c1-2-3-8-16-21-22-18(25-16)20-15(23)10-9-13-11-12-6-4-5-7-14(12)19-17(13)24/h4-7,13H,2-3,8-11H2,1H3,(H,19,24)(H,20,22,23). The van der Waals surface area contributed by atoms with Crippen molar-refractivity contribution in [3.8, 4) is 0 Å². The predicted octanol–water partition coefficient (Wildman–Crippen LogP) is 3.41. The molecule has 1 aromatic heterocycles. The van der Waals surface area contributed by atoms with Crippen LogP contribution in [0.15, 0.2) is 24.3 Å². The number of fused-ring (bicyclic) bond motifs is 1. The van der Waals surface area contributed by atoms with Gasteiger partial charge in [0, 0.05) is 24.4 Å². The topological polar surface area (TPSA) is 84.0 Å². The fourth-order valence-corrected chi connectivity index (χ4v) is 3.66. The first-order chi connectivity index (χ1) is 12.2. The van der Waals surface area contributed by atoms with E-state index in [1.54, 1.807) is 0 Å². The van der Waals surface area contributed by atoms with Crippen LogP contribution in [-0.2, 0) is 22.4 Å². The van der Waals surface area contributed by atoms with E-state index in [1.165, 1.54) is 11.3 Å². The number of nitrogens with zero attached hydrogens (tertiary/aromatic N) is 2. The molecule has 6 nitrogen and oxygen atoms in total. The zero-order valence-corrected chi connectivity index (χ0v) is 15.1. The van der Waals surface area contributed by atoms with Crippen LogP contribution in [0.1, 0.15) is 43.2 Å². The molecule has 2 amide bonds. The number of anilines is 2. The minimum Gasteiger partial charge on any atom is -0.326 e. The molecule has 0 radical (unpaired) electrons. The first kappa shape index (κ1) is 17.5. The van der Waals surface area contributed by atoms with Gasteiger partial charge in [-0.05, 0) is 30.9 Å². The molecule has 0 saturated heterocycles. The summed E-state index contributed by atoms with van der Waals surface area (Å²) in [5, 5.41) is 15.3. The lowest BCUT2D eigenvalue weighted by Gasteiger charge is -2.24. The molecule has 0 saturated carbocycles. The summed E-state index contributed by atoms with van der Waals surface area (Å²) in [5.74, 6) is -0.302. The van der Waals surface area contributed by atoms with E-state index in [2.05, 4.69) is 27.8 Å². The molecule has 7 heteroatoms. The Morgan fingerprint density at radius 2 is 2.20 bits per heavy atom. The summed E-state index contributed by atoms with van der Waals surface area (Å²) in [5.41, 5.74) is 2.00. The molecule has 2 heterocycles. The normalized spacial score (nSPS) is 16.2. The number of amides is 2. The van der Waals surface area contributed by atoms with E-state index < -0.39 is 0 Å². The Kier molecular flexibility index (Phi) is 5.75. The van der Waals surface area contributed by atoms with Gasteiger partial charge >= 0.3 is 0 Å². The molecule has 1 aromatic carbocycles. The Hall–Kier alpha value is -2.28. The van der Waals surface area contributed by atoms with E-state index in [9.17, 15) is 9.59 Å². The Labute approximate surface area is 151 Å². The van der Waals surface area contributed by atoms with Gasteiger partial charge in [-0.1, -0.05) is 42.9 Å². The average molecular weight is 358 g/mol. The van der Waals surface area contributed by atoms with Gasteiger partial charge in [-0.3, -0.25) is 9.59 Å². The maximum Gasteiger partial charge on any atom is 0.227 e. The van der Waals surface area contributed by atoms with Crippen molar-refractivity contribution in [3.63, 3.8) is 0 Å². The molecule has 25 heavy (non-hydrogen) atoms. The number of rotatable bonds is 7. The SMILES string of the molecule is CCCCc1nnc(NC(=O)CCC2Cc3ccccc3NC2=O)s1. The lowest BCUT2D eigenvalue weighted by Crippen LogP contribution is -2.30. The van der Waals surface area contributed by atoms with E-state index in [4.69, 9.17) is 0 Å². The summed E-state index contributed by atoms with van der Waals surface area (Å²) in [7, 11) is 0. The minimum absolute atomic E-state index is 0.00994. The Bertz CT molecular complexity index is 759. The summed E-state index contributed by atoms with van der Waals surface area (Å²) >= 11 is 1.42. The molecule has 2 aromatic rings. The number of aromatic nitrogens is 2. The lowest BCUT2D eigenvalue weighted by atomic mass is 9.89. The first-order valence-corrected chi connectivity index (χ1v) is 9.48. The number of carbonyl (C=O) groups is 2. The van der Waals surface area contributed by atoms with E-state index in [0.29, 0.717) is 24.4 Å². The monoisotopic (exact) mass is 358 g/mol. The fraction of sp³-hybridized carbons (Fsp3) is 0.444. The number of unbranched alkanes of at least 4 members (excludes halogenated alkanes) is 1. The quantitative estimate of drug-likeness (QED) is 0.794. The maximum atomic E-state index is 12.2. The third-order valence-electron chi connectivity index (χ3n) is 4.29. The highest BCUT2D eigenvalue weighted by Crippen LogP contribution is 2.27. The van der Waals surface area contributed by atoms with Crippen molar-refractivity contribution in [1.82, 2.24) is 10.2 Å². The highest BCUT2D eigenvalue weighted by molar-refractivity contribution is 7.15. The van der Waals surface area contributed by atoms with Crippen molar-refractivity contribution in [2.45, 2.75) is 45.4 Å². The van der Waals surface area contributed by atoms with Crippen LogP contribution in [0.3, 0.4) is 0 Å². The van der Waals surface area contributed by atoms with Crippen LogP contribution in [0.25, 0.3) is 0 Å². The van der Waals surface area contributed by atoms with Crippen LogP contribution < -0.4 is 10.6 Å². The van der Waals surface area contributed by atoms with Crippen LogP contribution in [0.2, 0.25) is 0 Å². The van der Waals surface area contributed by atoms with Crippen molar-refractivity contribution in [3.05, 3.63) is 34.8 Å². The van der Waals surface area contributed by atoms with Gasteiger partial charge < -0.3 is 10.6 Å². The zero-order valence-electron chi connectivity index (χ0n) is 14.2. The smallest absolute Gasteiger partial charge is 0.227 e. The van der Waals surface area contributed by atoms with Crippen molar-refractivity contribution < 1.29 is 9.59 Å². The van der Waals surface area contributed by atoms with Crippen LogP contribution in [-0.4, -0.2) is 22.0 Å². The minimum atomic E-state index is -0.171. The summed E-state index contributed by atoms with van der Waals surface area (Å²) in [6, 6.07) is 7.79. The number of para-hydroxylation sites is 1. The molecular formula is C18H22N4O2S. The first-order valence-electron chi connectivity index (χ1n) is 8.66. The van der Waals surface area contributed by atoms with Crippen LogP contribution >= 0.6 is 11.3 Å². The number of hydrogen-bond acceptors (Lipinski definition) is 5. The third kappa shape index (κ3) is 4.63. The number of nitrogens with one attached hydrogen (secondary N) is 2. The molecule has 3 rings (SSSR count). The predicted molar refractivity (Wildman–Crippen MR) is 98.7 cm³/mol. The largest absolute Gasteiger partial charge is 0.326 e. The molecule has 2 N–H and O–H groups in total. The summed E-state index contributed by atoms with van der Waals surface area (Å²) in [4.78, 5) is 24.3. The van der Waals surface area contributed by atoms with Crippen molar-refractivity contribution >= 4 is 34.0 Å². The fourth-order valence-electron chi connectivity index (χ4n) is 2.87. The van der Waals surface area contributed by atoms with Gasteiger partial charge in [0.15, 0.2) is 0 Å². The second-order valence-corrected chi connectivity index (χ2v) is 7.30. The van der Waals surface area contributed by atoms with Crippen molar-refractivity contribution in [2.24, 2.45) is 5.92 Å². The molecule has 0 bridgehead atoms. The molecular weight excluding hydrogens is 336 g/mol.